The molecule has 5 nitrogen and oxygen atoms in total. The highest BCUT2D eigenvalue weighted by Gasteiger charge is 2.24. The first-order valence-electron chi connectivity index (χ1n) is 10.2. The van der Waals surface area contributed by atoms with Crippen molar-refractivity contribution >= 4 is 33.7 Å². The normalized spacial score (nSPS) is 19.4. The molecule has 1 fully saturated rings. The molecular formula is C22H29BrN2O3S. The summed E-state index contributed by atoms with van der Waals surface area (Å²) in [5.74, 6) is 1.27. The third kappa shape index (κ3) is 6.33. The van der Waals surface area contributed by atoms with E-state index in [1.165, 1.54) is 5.69 Å². The van der Waals surface area contributed by atoms with Crippen molar-refractivity contribution in [1.82, 2.24) is 9.78 Å². The molecule has 29 heavy (non-hydrogen) atoms. The molecule has 1 N–H and O–H groups in total. The van der Waals surface area contributed by atoms with Gasteiger partial charge < -0.3 is 9.84 Å². The van der Waals surface area contributed by atoms with Crippen LogP contribution in [-0.4, -0.2) is 46.1 Å². The van der Waals surface area contributed by atoms with Crippen LogP contribution in [0.2, 0.25) is 0 Å². The number of ether oxygens (including phenoxy) is 1. The van der Waals surface area contributed by atoms with E-state index < -0.39 is 5.97 Å². The van der Waals surface area contributed by atoms with Crippen LogP contribution in [-0.2, 0) is 22.5 Å². The van der Waals surface area contributed by atoms with Crippen LogP contribution in [0.25, 0.3) is 11.3 Å². The van der Waals surface area contributed by atoms with E-state index in [0.717, 1.165) is 60.1 Å². The van der Waals surface area contributed by atoms with E-state index >= 15 is 0 Å². The van der Waals surface area contributed by atoms with Gasteiger partial charge in [-0.25, -0.2) is 4.79 Å². The molecule has 1 aromatic heterocycles. The number of benzene rings is 1. The van der Waals surface area contributed by atoms with E-state index in [9.17, 15) is 4.79 Å². The minimum atomic E-state index is -0.894. The van der Waals surface area contributed by atoms with E-state index in [1.807, 2.05) is 17.8 Å². The van der Waals surface area contributed by atoms with Gasteiger partial charge in [0.1, 0.15) is 12.3 Å². The Morgan fingerprint density at radius 2 is 1.93 bits per heavy atom. The molecule has 0 aliphatic heterocycles. The van der Waals surface area contributed by atoms with Crippen LogP contribution in [0.3, 0.4) is 0 Å². The van der Waals surface area contributed by atoms with Gasteiger partial charge in [0.25, 0.3) is 0 Å². The topological polar surface area (TPSA) is 64.4 Å². The maximum Gasteiger partial charge on any atom is 0.329 e. The van der Waals surface area contributed by atoms with E-state index in [0.29, 0.717) is 18.4 Å². The summed E-state index contributed by atoms with van der Waals surface area (Å²) in [6, 6.07) is 10.4. The Hall–Kier alpha value is -1.31. The summed E-state index contributed by atoms with van der Waals surface area (Å²) in [6.07, 6.45) is 7.61. The zero-order valence-corrected chi connectivity index (χ0v) is 19.3. The Kier molecular flexibility index (Phi) is 8.63. The van der Waals surface area contributed by atoms with Gasteiger partial charge in [0.15, 0.2) is 0 Å². The summed E-state index contributed by atoms with van der Waals surface area (Å²) in [5.41, 5.74) is 3.45. The van der Waals surface area contributed by atoms with Crippen molar-refractivity contribution in [3.8, 4) is 11.3 Å². The van der Waals surface area contributed by atoms with Crippen molar-refractivity contribution < 1.29 is 14.6 Å². The SMILES string of the molecule is CSCCc1c(Br)c(-c2ccccc2)nn1C[C@H]1CC[C@H](COCC(=O)O)CC1. The zero-order chi connectivity index (χ0) is 20.6. The predicted molar refractivity (Wildman–Crippen MR) is 121 cm³/mol. The van der Waals surface area contributed by atoms with Crippen LogP contribution in [0.15, 0.2) is 34.8 Å². The molecule has 1 saturated carbocycles. The summed E-state index contributed by atoms with van der Waals surface area (Å²) in [6.45, 7) is 1.31. The van der Waals surface area contributed by atoms with Gasteiger partial charge in [-0.05, 0) is 71.9 Å². The lowest BCUT2D eigenvalue weighted by molar-refractivity contribution is -0.142. The highest BCUT2D eigenvalue weighted by molar-refractivity contribution is 9.10. The molecule has 0 atom stereocenters. The van der Waals surface area contributed by atoms with Crippen LogP contribution in [0.1, 0.15) is 31.4 Å². The molecule has 1 heterocycles. The second kappa shape index (κ2) is 11.2. The number of hydrogen-bond acceptors (Lipinski definition) is 4. The lowest BCUT2D eigenvalue weighted by Crippen LogP contribution is -2.24. The first-order chi connectivity index (χ1) is 14.1. The monoisotopic (exact) mass is 480 g/mol. The molecule has 0 saturated heterocycles. The van der Waals surface area contributed by atoms with Crippen molar-refractivity contribution in [1.29, 1.82) is 0 Å². The predicted octanol–water partition coefficient (Wildman–Crippen LogP) is 5.13. The molecule has 0 radical (unpaired) electrons. The molecule has 0 spiro atoms. The quantitative estimate of drug-likeness (QED) is 0.510. The molecule has 0 bridgehead atoms. The van der Waals surface area contributed by atoms with Crippen LogP contribution in [0.5, 0.6) is 0 Å². The van der Waals surface area contributed by atoms with Gasteiger partial charge in [-0.1, -0.05) is 30.3 Å². The summed E-state index contributed by atoms with van der Waals surface area (Å²) >= 11 is 5.68. The van der Waals surface area contributed by atoms with Crippen molar-refractivity contribution in [2.24, 2.45) is 11.8 Å². The highest BCUT2D eigenvalue weighted by atomic mass is 79.9. The summed E-state index contributed by atoms with van der Waals surface area (Å²) in [5, 5.41) is 13.7. The number of halogens is 1. The Labute approximate surface area is 185 Å². The van der Waals surface area contributed by atoms with Gasteiger partial charge >= 0.3 is 5.97 Å². The molecule has 3 rings (SSSR count). The Morgan fingerprint density at radius 3 is 2.59 bits per heavy atom. The fourth-order valence-corrected chi connectivity index (χ4v) is 5.09. The zero-order valence-electron chi connectivity index (χ0n) is 16.8. The number of carboxylic acids is 1. The van der Waals surface area contributed by atoms with E-state index in [1.54, 1.807) is 0 Å². The van der Waals surface area contributed by atoms with Crippen LogP contribution >= 0.6 is 27.7 Å². The number of rotatable bonds is 10. The molecule has 0 unspecified atom stereocenters. The van der Waals surface area contributed by atoms with Crippen molar-refractivity contribution in [3.05, 3.63) is 40.5 Å². The first-order valence-corrected chi connectivity index (χ1v) is 12.4. The molecular weight excluding hydrogens is 452 g/mol. The second-order valence-electron chi connectivity index (χ2n) is 7.70. The van der Waals surface area contributed by atoms with Gasteiger partial charge in [0.2, 0.25) is 0 Å². The third-order valence-electron chi connectivity index (χ3n) is 5.56. The smallest absolute Gasteiger partial charge is 0.329 e. The molecule has 158 valence electrons. The lowest BCUT2D eigenvalue weighted by atomic mass is 9.82. The minimum absolute atomic E-state index is 0.192. The Balaban J connectivity index is 1.65. The van der Waals surface area contributed by atoms with E-state index in [4.69, 9.17) is 14.9 Å². The first kappa shape index (κ1) is 22.4. The average molecular weight is 481 g/mol. The third-order valence-corrected chi connectivity index (χ3v) is 7.01. The van der Waals surface area contributed by atoms with Gasteiger partial charge in [-0.2, -0.15) is 16.9 Å². The average Bonchev–Trinajstić information content (AvgIpc) is 3.03. The molecule has 7 heteroatoms. The number of carboxylic acid groups (broad SMARTS) is 1. The number of aromatic nitrogens is 2. The van der Waals surface area contributed by atoms with Crippen LogP contribution in [0, 0.1) is 11.8 Å². The molecule has 1 aliphatic rings. The summed E-state index contributed by atoms with van der Waals surface area (Å²) in [7, 11) is 0. The fourth-order valence-electron chi connectivity index (χ4n) is 3.98. The highest BCUT2D eigenvalue weighted by Crippen LogP contribution is 2.34. The van der Waals surface area contributed by atoms with E-state index in [-0.39, 0.29) is 6.61 Å². The van der Waals surface area contributed by atoms with Gasteiger partial charge in [-0.3, -0.25) is 4.68 Å². The number of aliphatic carboxylic acids is 1. The fraction of sp³-hybridized carbons (Fsp3) is 0.545. The van der Waals surface area contributed by atoms with Gasteiger partial charge in [-0.15, -0.1) is 0 Å². The number of carbonyl (C=O) groups is 1. The van der Waals surface area contributed by atoms with Crippen LogP contribution in [0.4, 0.5) is 0 Å². The standard InChI is InChI=1S/C22H29BrN2O3S/c1-29-12-11-19-21(23)22(18-5-3-2-4-6-18)24-25(19)13-16-7-9-17(10-8-16)14-28-15-20(26)27/h2-6,16-17H,7-15H2,1H3,(H,26,27)/t16-,17-. The molecule has 1 aromatic carbocycles. The van der Waals surface area contributed by atoms with E-state index in [2.05, 4.69) is 51.1 Å². The Bertz CT molecular complexity index is 789. The molecule has 2 aromatic rings. The van der Waals surface area contributed by atoms with Crippen molar-refractivity contribution in [3.63, 3.8) is 0 Å². The largest absolute Gasteiger partial charge is 0.480 e. The molecule has 0 amide bonds. The molecule has 1 aliphatic carbocycles. The van der Waals surface area contributed by atoms with Crippen molar-refractivity contribution in [2.75, 3.05) is 25.2 Å². The number of hydrogen-bond donors (Lipinski definition) is 1. The van der Waals surface area contributed by atoms with Crippen molar-refractivity contribution in [2.45, 2.75) is 38.6 Å². The van der Waals surface area contributed by atoms with Gasteiger partial charge in [0.05, 0.1) is 16.8 Å². The lowest BCUT2D eigenvalue weighted by Gasteiger charge is -2.28. The number of thioether (sulfide) groups is 1. The minimum Gasteiger partial charge on any atom is -0.480 e. The Morgan fingerprint density at radius 1 is 1.24 bits per heavy atom. The van der Waals surface area contributed by atoms with Crippen LogP contribution < -0.4 is 0 Å². The number of nitrogens with zero attached hydrogens (tertiary/aromatic N) is 2. The summed E-state index contributed by atoms with van der Waals surface area (Å²) < 4.78 is 8.63. The second-order valence-corrected chi connectivity index (χ2v) is 9.47. The maximum absolute atomic E-state index is 10.6. The maximum atomic E-state index is 10.6. The van der Waals surface area contributed by atoms with Gasteiger partial charge in [0, 0.05) is 12.1 Å². The summed E-state index contributed by atoms with van der Waals surface area (Å²) in [4.78, 5) is 10.6.